The summed E-state index contributed by atoms with van der Waals surface area (Å²) in [6, 6.07) is 21.3. The zero-order valence-electron chi connectivity index (χ0n) is 12.7. The summed E-state index contributed by atoms with van der Waals surface area (Å²) in [5, 5.41) is 4.64. The van der Waals surface area contributed by atoms with Crippen molar-refractivity contribution in [2.24, 2.45) is 10.1 Å². The summed E-state index contributed by atoms with van der Waals surface area (Å²) >= 11 is 0.207. The molecule has 0 saturated carbocycles. The summed E-state index contributed by atoms with van der Waals surface area (Å²) in [5.74, 6) is 0. The van der Waals surface area contributed by atoms with Crippen molar-refractivity contribution in [2.75, 3.05) is 0 Å². The first-order chi connectivity index (χ1) is 10.7. The number of hydrogen-bond donors (Lipinski definition) is 1. The van der Waals surface area contributed by atoms with Gasteiger partial charge in [0.1, 0.15) is 0 Å². The summed E-state index contributed by atoms with van der Waals surface area (Å²) in [4.78, 5) is 4.97. The molecule has 4 heteroatoms. The Balaban J connectivity index is 2.00. The van der Waals surface area contributed by atoms with Crippen LogP contribution < -0.4 is 5.43 Å². The number of nitrogens with zero attached hydrogens (tertiary/aromatic N) is 2. The number of amidine groups is 1. The van der Waals surface area contributed by atoms with E-state index in [0.29, 0.717) is 4.82 Å². The fraction of sp³-hybridized carbons (Fsp3) is 0.222. The fourth-order valence-corrected chi connectivity index (χ4v) is 4.82. The van der Waals surface area contributed by atoms with Gasteiger partial charge in [0.25, 0.3) is 0 Å². The molecule has 1 atom stereocenters. The van der Waals surface area contributed by atoms with Crippen molar-refractivity contribution < 1.29 is 0 Å². The summed E-state index contributed by atoms with van der Waals surface area (Å²) in [6.07, 6.45) is 0. The summed E-state index contributed by atoms with van der Waals surface area (Å²) < 4.78 is 1.02. The van der Waals surface area contributed by atoms with Crippen LogP contribution in [0.1, 0.15) is 29.8 Å². The topological polar surface area (TPSA) is 36.8 Å². The van der Waals surface area contributed by atoms with E-state index in [1.807, 2.05) is 6.07 Å². The molecule has 0 fully saturated rings. The number of rotatable bonds is 3. The second kappa shape index (κ2) is 6.91. The molecule has 1 unspecified atom stereocenters. The molecular formula is C18H19N3Se. The Hall–Kier alpha value is -1.90. The monoisotopic (exact) mass is 357 g/mol. The van der Waals surface area contributed by atoms with E-state index in [4.69, 9.17) is 0 Å². The third-order valence-electron chi connectivity index (χ3n) is 3.30. The van der Waals surface area contributed by atoms with Crippen LogP contribution in [0.15, 0.2) is 70.8 Å². The van der Waals surface area contributed by atoms with E-state index in [1.54, 1.807) is 0 Å². The van der Waals surface area contributed by atoms with Gasteiger partial charge in [0.05, 0.1) is 0 Å². The Morgan fingerprint density at radius 3 is 2.27 bits per heavy atom. The molecule has 3 nitrogen and oxygen atoms in total. The van der Waals surface area contributed by atoms with Gasteiger partial charge in [0, 0.05) is 0 Å². The van der Waals surface area contributed by atoms with Crippen LogP contribution >= 0.6 is 0 Å². The van der Waals surface area contributed by atoms with Crippen molar-refractivity contribution in [2.45, 2.75) is 24.7 Å². The fourth-order valence-electron chi connectivity index (χ4n) is 2.33. The minimum atomic E-state index is 0.207. The van der Waals surface area contributed by atoms with E-state index >= 15 is 0 Å². The van der Waals surface area contributed by atoms with E-state index in [1.165, 1.54) is 11.1 Å². The van der Waals surface area contributed by atoms with Gasteiger partial charge in [-0.1, -0.05) is 0 Å². The quantitative estimate of drug-likeness (QED) is 0.843. The standard InChI is InChI=1S/C18H19N3Se/c1-13(2)19-18-21-20-16(14-9-5-3-6-10-14)17(22-18)15-11-7-4-8-12-15/h3-13,17H,1-2H3,(H,19,21). The van der Waals surface area contributed by atoms with Crippen LogP contribution in [0.4, 0.5) is 0 Å². The molecule has 1 aliphatic rings. The predicted octanol–water partition coefficient (Wildman–Crippen LogP) is 3.20. The molecule has 1 N–H and O–H groups in total. The van der Waals surface area contributed by atoms with Gasteiger partial charge in [-0.15, -0.1) is 0 Å². The number of hydrazone groups is 1. The van der Waals surface area contributed by atoms with Crippen LogP contribution in [0.2, 0.25) is 0 Å². The average Bonchev–Trinajstić information content (AvgIpc) is 2.56. The SMILES string of the molecule is CC(C)N=C1NN=C(c2ccccc2)C(c2ccccc2)[Se]1. The van der Waals surface area contributed by atoms with Crippen molar-refractivity contribution in [1.29, 1.82) is 0 Å². The Morgan fingerprint density at radius 2 is 1.64 bits per heavy atom. The minimum absolute atomic E-state index is 0.207. The van der Waals surface area contributed by atoms with Crippen LogP contribution in [0.5, 0.6) is 0 Å². The molecule has 0 radical (unpaired) electrons. The summed E-state index contributed by atoms with van der Waals surface area (Å²) in [6.45, 7) is 4.19. The molecule has 1 heterocycles. The summed E-state index contributed by atoms with van der Waals surface area (Å²) in [5.41, 5.74) is 6.75. The molecule has 1 aliphatic heterocycles. The van der Waals surface area contributed by atoms with Gasteiger partial charge >= 0.3 is 137 Å². The average molecular weight is 356 g/mol. The van der Waals surface area contributed by atoms with Crippen molar-refractivity contribution in [3.8, 4) is 0 Å². The zero-order valence-corrected chi connectivity index (χ0v) is 14.4. The molecule has 22 heavy (non-hydrogen) atoms. The number of hydrogen-bond acceptors (Lipinski definition) is 2. The van der Waals surface area contributed by atoms with Gasteiger partial charge < -0.3 is 0 Å². The number of nitrogens with one attached hydrogen (secondary N) is 1. The molecule has 2 aromatic carbocycles. The zero-order chi connectivity index (χ0) is 15.4. The molecule has 0 saturated heterocycles. The molecule has 0 aliphatic carbocycles. The first kappa shape index (κ1) is 15.0. The van der Waals surface area contributed by atoms with Crippen molar-refractivity contribution in [3.63, 3.8) is 0 Å². The third-order valence-corrected chi connectivity index (χ3v) is 5.71. The Kier molecular flexibility index (Phi) is 4.71. The number of aliphatic imine (C=N–C) groups is 1. The second-order valence-corrected chi connectivity index (χ2v) is 7.71. The van der Waals surface area contributed by atoms with Crippen LogP contribution in [-0.2, 0) is 0 Å². The van der Waals surface area contributed by atoms with Gasteiger partial charge in [0.15, 0.2) is 0 Å². The van der Waals surface area contributed by atoms with E-state index in [2.05, 4.69) is 84.0 Å². The van der Waals surface area contributed by atoms with Crippen LogP contribution in [0.25, 0.3) is 0 Å². The second-order valence-electron chi connectivity index (χ2n) is 5.41. The van der Waals surface area contributed by atoms with Gasteiger partial charge in [0.2, 0.25) is 0 Å². The normalized spacial score (nSPS) is 19.9. The van der Waals surface area contributed by atoms with Crippen LogP contribution in [-0.4, -0.2) is 31.4 Å². The van der Waals surface area contributed by atoms with E-state index < -0.39 is 0 Å². The third kappa shape index (κ3) is 3.46. The molecule has 2 aromatic rings. The van der Waals surface area contributed by atoms with E-state index in [0.717, 1.165) is 10.4 Å². The molecule has 0 spiro atoms. The first-order valence-corrected chi connectivity index (χ1v) is 9.27. The van der Waals surface area contributed by atoms with Gasteiger partial charge in [-0.3, -0.25) is 0 Å². The van der Waals surface area contributed by atoms with Crippen molar-refractivity contribution in [3.05, 3.63) is 71.8 Å². The molecule has 3 rings (SSSR count). The molecular weight excluding hydrogens is 337 g/mol. The van der Waals surface area contributed by atoms with Gasteiger partial charge in [-0.05, 0) is 0 Å². The van der Waals surface area contributed by atoms with Crippen molar-refractivity contribution in [1.82, 2.24) is 5.43 Å². The maximum absolute atomic E-state index is 4.67. The van der Waals surface area contributed by atoms with Crippen LogP contribution in [0, 0.1) is 0 Å². The van der Waals surface area contributed by atoms with Crippen molar-refractivity contribution >= 4 is 25.4 Å². The molecule has 0 aromatic heterocycles. The van der Waals surface area contributed by atoms with Crippen LogP contribution in [0.3, 0.4) is 0 Å². The molecule has 112 valence electrons. The Bertz CT molecular complexity index is 678. The first-order valence-electron chi connectivity index (χ1n) is 7.42. The van der Waals surface area contributed by atoms with E-state index in [9.17, 15) is 0 Å². The number of benzene rings is 2. The summed E-state index contributed by atoms with van der Waals surface area (Å²) in [7, 11) is 0. The van der Waals surface area contributed by atoms with E-state index in [-0.39, 0.29) is 21.0 Å². The molecule has 0 bridgehead atoms. The van der Waals surface area contributed by atoms with Gasteiger partial charge in [-0.2, -0.15) is 0 Å². The Labute approximate surface area is 137 Å². The maximum atomic E-state index is 4.67. The van der Waals surface area contributed by atoms with Gasteiger partial charge in [-0.25, -0.2) is 0 Å². The predicted molar refractivity (Wildman–Crippen MR) is 93.6 cm³/mol. The Morgan fingerprint density at radius 1 is 1.00 bits per heavy atom. The molecule has 0 amide bonds.